The van der Waals surface area contributed by atoms with E-state index in [-0.39, 0.29) is 35.6 Å². The first-order valence-corrected chi connectivity index (χ1v) is 10.3. The van der Waals surface area contributed by atoms with Gasteiger partial charge in [-0.05, 0) is 35.9 Å². The molecule has 4 N–H and O–H groups in total. The topological polar surface area (TPSA) is 125 Å². The Labute approximate surface area is 200 Å². The van der Waals surface area contributed by atoms with Gasteiger partial charge in [0.2, 0.25) is 0 Å². The number of nitrogens with one attached hydrogen (secondary N) is 3. The van der Waals surface area contributed by atoms with Gasteiger partial charge in [0.05, 0.1) is 28.3 Å². The number of alkyl halides is 3. The van der Waals surface area contributed by atoms with Crippen LogP contribution in [0.2, 0.25) is 0 Å². The molecule has 0 radical (unpaired) electrons. The molecule has 1 aliphatic heterocycles. The highest BCUT2D eigenvalue weighted by Gasteiger charge is 2.37. The first-order valence-electron chi connectivity index (χ1n) is 10.3. The number of para-hydroxylation sites is 1. The van der Waals surface area contributed by atoms with Gasteiger partial charge in [0.15, 0.2) is 5.71 Å². The molecule has 4 rings (SSSR count). The molecule has 2 amide bonds. The normalized spacial score (nSPS) is 14.8. The molecule has 1 atom stereocenters. The summed E-state index contributed by atoms with van der Waals surface area (Å²) in [6.07, 6.45) is -1.88. The van der Waals surface area contributed by atoms with Crippen molar-refractivity contribution < 1.29 is 37.1 Å². The largest absolute Gasteiger partial charge is 0.477 e. The minimum Gasteiger partial charge on any atom is -0.477 e. The highest BCUT2D eigenvalue weighted by molar-refractivity contribution is 6.42. The van der Waals surface area contributed by atoms with Gasteiger partial charge < -0.3 is 30.4 Å². The van der Waals surface area contributed by atoms with Crippen molar-refractivity contribution in [1.82, 2.24) is 9.88 Å². The summed E-state index contributed by atoms with van der Waals surface area (Å²) < 4.78 is 56.4. The van der Waals surface area contributed by atoms with Crippen molar-refractivity contribution in [1.29, 1.82) is 0 Å². The van der Waals surface area contributed by atoms with E-state index < -0.39 is 41.3 Å². The molecule has 2 aromatic carbocycles. The van der Waals surface area contributed by atoms with Gasteiger partial charge in [-0.3, -0.25) is 0 Å². The number of hydrogen-bond acceptors (Lipinski definition) is 5. The average molecular weight is 503 g/mol. The number of carboxylic acids is 1. The Bertz CT molecular complexity index is 1380. The first kappa shape index (κ1) is 24.4. The molecule has 1 aliphatic rings. The van der Waals surface area contributed by atoms with E-state index in [1.807, 2.05) is 0 Å². The third-order valence-electron chi connectivity index (χ3n) is 5.23. The van der Waals surface area contributed by atoms with Crippen molar-refractivity contribution in [2.24, 2.45) is 4.99 Å². The highest BCUT2D eigenvalue weighted by atomic mass is 19.4. The first-order chi connectivity index (χ1) is 17.1. The number of amides is 2. The van der Waals surface area contributed by atoms with Gasteiger partial charge in [0.25, 0.3) is 0 Å². The summed E-state index contributed by atoms with van der Waals surface area (Å²) in [5.41, 5.74) is -1.80. The molecule has 13 heteroatoms. The van der Waals surface area contributed by atoms with Gasteiger partial charge in [-0.1, -0.05) is 12.1 Å². The summed E-state index contributed by atoms with van der Waals surface area (Å²) >= 11 is 0. The molecule has 0 aliphatic carbocycles. The molecule has 0 saturated heterocycles. The predicted molar refractivity (Wildman–Crippen MR) is 121 cm³/mol. The Balaban J connectivity index is 1.60. The van der Waals surface area contributed by atoms with E-state index in [9.17, 15) is 37.1 Å². The Morgan fingerprint density at radius 3 is 2.61 bits per heavy atom. The molecule has 0 fully saturated rings. The molecule has 1 aromatic heterocycles. The number of carbonyl (C=O) groups excluding carboxylic acids is 2. The molecule has 3 aromatic rings. The second-order valence-corrected chi connectivity index (χ2v) is 7.66. The standard InChI is InChI=1S/C23H17F4N5O4/c24-14-3-1-2-4-15(14)31-22(36)28-9-12-5-6-32(10-12)19-8-17-16(7-13(19)23(25,26)27)29-18(11-33)20(30-17)21(34)35/h1-8,10-11,18,29H,9H2,(H,34,35)(H2,28,31,36). The minimum absolute atomic E-state index is 0.0387. The predicted octanol–water partition coefficient (Wildman–Crippen LogP) is 4.11. The lowest BCUT2D eigenvalue weighted by atomic mass is 10.0. The number of nitrogens with zero attached hydrogens (tertiary/aromatic N) is 2. The molecule has 2 heterocycles. The number of rotatable bonds is 6. The lowest BCUT2D eigenvalue weighted by molar-refractivity contribution is -0.137. The van der Waals surface area contributed by atoms with E-state index in [1.54, 1.807) is 0 Å². The fourth-order valence-electron chi connectivity index (χ4n) is 3.55. The molecular formula is C23H17F4N5O4. The SMILES string of the molecule is O=CC1Nc2cc(C(F)(F)F)c(-n3ccc(CNC(=O)Nc4ccccc4F)c3)cc2N=C1C(=O)O. The number of aromatic nitrogens is 1. The maximum atomic E-state index is 13.9. The Morgan fingerprint density at radius 1 is 1.19 bits per heavy atom. The van der Waals surface area contributed by atoms with Crippen LogP contribution < -0.4 is 16.0 Å². The van der Waals surface area contributed by atoms with Gasteiger partial charge in [-0.2, -0.15) is 13.2 Å². The van der Waals surface area contributed by atoms with Crippen LogP contribution in [0.5, 0.6) is 0 Å². The van der Waals surface area contributed by atoms with Crippen molar-refractivity contribution in [2.75, 3.05) is 10.6 Å². The van der Waals surface area contributed by atoms with E-state index in [1.165, 1.54) is 42.7 Å². The van der Waals surface area contributed by atoms with Gasteiger partial charge in [0, 0.05) is 18.9 Å². The number of aldehydes is 1. The molecule has 0 bridgehead atoms. The Hall–Kier alpha value is -4.68. The molecule has 36 heavy (non-hydrogen) atoms. The van der Waals surface area contributed by atoms with Crippen LogP contribution in [0.25, 0.3) is 5.69 Å². The smallest absolute Gasteiger partial charge is 0.418 e. The zero-order valence-corrected chi connectivity index (χ0v) is 18.1. The van der Waals surface area contributed by atoms with Crippen molar-refractivity contribution >= 4 is 41.1 Å². The summed E-state index contributed by atoms with van der Waals surface area (Å²) in [5.74, 6) is -2.12. The molecule has 186 valence electrons. The van der Waals surface area contributed by atoms with Gasteiger partial charge >= 0.3 is 18.2 Å². The fraction of sp³-hybridized carbons (Fsp3) is 0.130. The number of halogens is 4. The average Bonchev–Trinajstić information content (AvgIpc) is 3.31. The van der Waals surface area contributed by atoms with Crippen LogP contribution in [-0.2, 0) is 22.3 Å². The quantitative estimate of drug-likeness (QED) is 0.298. The monoisotopic (exact) mass is 503 g/mol. The number of carbonyl (C=O) groups is 3. The zero-order valence-electron chi connectivity index (χ0n) is 18.1. The summed E-state index contributed by atoms with van der Waals surface area (Å²) in [6.45, 7) is -0.0799. The third-order valence-corrected chi connectivity index (χ3v) is 5.23. The van der Waals surface area contributed by atoms with Crippen molar-refractivity contribution in [3.05, 3.63) is 71.8 Å². The Morgan fingerprint density at radius 2 is 1.94 bits per heavy atom. The van der Waals surface area contributed by atoms with E-state index in [0.29, 0.717) is 5.56 Å². The summed E-state index contributed by atoms with van der Waals surface area (Å²) in [4.78, 5) is 38.5. The number of carboxylic acid groups (broad SMARTS) is 1. The highest BCUT2D eigenvalue weighted by Crippen LogP contribution is 2.41. The lowest BCUT2D eigenvalue weighted by Crippen LogP contribution is -2.38. The van der Waals surface area contributed by atoms with Gasteiger partial charge in [-0.15, -0.1) is 0 Å². The van der Waals surface area contributed by atoms with Crippen LogP contribution in [0.4, 0.5) is 39.4 Å². The van der Waals surface area contributed by atoms with Gasteiger partial charge in [-0.25, -0.2) is 19.0 Å². The minimum atomic E-state index is -4.79. The molecule has 0 saturated carbocycles. The van der Waals surface area contributed by atoms with Crippen LogP contribution in [0, 0.1) is 5.82 Å². The van der Waals surface area contributed by atoms with Crippen molar-refractivity contribution in [3.8, 4) is 5.69 Å². The van der Waals surface area contributed by atoms with E-state index in [2.05, 4.69) is 20.9 Å². The zero-order chi connectivity index (χ0) is 26.0. The number of urea groups is 1. The van der Waals surface area contributed by atoms with Crippen molar-refractivity contribution in [2.45, 2.75) is 18.8 Å². The fourth-order valence-corrected chi connectivity index (χ4v) is 3.55. The summed E-state index contributed by atoms with van der Waals surface area (Å²) in [5, 5.41) is 16.5. The van der Waals surface area contributed by atoms with Crippen LogP contribution >= 0.6 is 0 Å². The van der Waals surface area contributed by atoms with Crippen LogP contribution in [-0.4, -0.2) is 39.7 Å². The van der Waals surface area contributed by atoms with Crippen LogP contribution in [0.1, 0.15) is 11.1 Å². The van der Waals surface area contributed by atoms with E-state index in [0.717, 1.165) is 16.7 Å². The lowest BCUT2D eigenvalue weighted by Gasteiger charge is -2.24. The Kier molecular flexibility index (Phi) is 6.47. The molecule has 0 spiro atoms. The van der Waals surface area contributed by atoms with Crippen LogP contribution in [0.15, 0.2) is 59.9 Å². The van der Waals surface area contributed by atoms with E-state index >= 15 is 0 Å². The second-order valence-electron chi connectivity index (χ2n) is 7.66. The maximum absolute atomic E-state index is 13.9. The number of hydrogen-bond donors (Lipinski definition) is 4. The van der Waals surface area contributed by atoms with E-state index in [4.69, 9.17) is 0 Å². The maximum Gasteiger partial charge on any atom is 0.418 e. The number of anilines is 2. The molecule has 9 nitrogen and oxygen atoms in total. The number of benzene rings is 2. The van der Waals surface area contributed by atoms with Crippen LogP contribution in [0.3, 0.4) is 0 Å². The number of aliphatic carboxylic acids is 1. The number of fused-ring (bicyclic) bond motifs is 1. The number of aliphatic imine (C=N–C) groups is 1. The van der Waals surface area contributed by atoms with Crippen molar-refractivity contribution in [3.63, 3.8) is 0 Å². The summed E-state index contributed by atoms with van der Waals surface area (Å²) in [7, 11) is 0. The second kappa shape index (κ2) is 9.52. The molecular weight excluding hydrogens is 486 g/mol. The summed E-state index contributed by atoms with van der Waals surface area (Å²) in [6, 6.07) is 6.69. The third kappa shape index (κ3) is 5.04. The molecule has 1 unspecified atom stereocenters. The van der Waals surface area contributed by atoms with Gasteiger partial charge in [0.1, 0.15) is 18.1 Å².